The predicted octanol–water partition coefficient (Wildman–Crippen LogP) is 1.85. The van der Waals surface area contributed by atoms with E-state index in [1.165, 1.54) is 23.1 Å². The maximum Gasteiger partial charge on any atom is 0.283 e. The molecule has 1 saturated heterocycles. The third-order valence-corrected chi connectivity index (χ3v) is 3.47. The van der Waals surface area contributed by atoms with E-state index in [0.29, 0.717) is 13.0 Å². The van der Waals surface area contributed by atoms with Gasteiger partial charge in [0.2, 0.25) is 0 Å². The Bertz CT molecular complexity index is 520. The SMILES string of the molecule is O=C(c1ccc(Cl)cc1[N+](=O)[O-])N1CCC[C@@H]1CO. The van der Waals surface area contributed by atoms with Crippen molar-refractivity contribution in [3.63, 3.8) is 0 Å². The van der Waals surface area contributed by atoms with Crippen LogP contribution in [-0.2, 0) is 0 Å². The molecule has 19 heavy (non-hydrogen) atoms. The molecule has 1 aliphatic heterocycles. The molecule has 0 radical (unpaired) electrons. The Labute approximate surface area is 114 Å². The van der Waals surface area contributed by atoms with E-state index in [4.69, 9.17) is 11.6 Å². The average molecular weight is 285 g/mol. The minimum absolute atomic E-state index is 0.00903. The topological polar surface area (TPSA) is 83.7 Å². The molecule has 0 saturated carbocycles. The van der Waals surface area contributed by atoms with Crippen molar-refractivity contribution in [2.75, 3.05) is 13.2 Å². The normalized spacial score (nSPS) is 18.6. The van der Waals surface area contributed by atoms with E-state index in [0.717, 1.165) is 6.42 Å². The van der Waals surface area contributed by atoms with Crippen LogP contribution in [0.3, 0.4) is 0 Å². The number of likely N-dealkylation sites (tertiary alicyclic amines) is 1. The number of benzene rings is 1. The lowest BCUT2D eigenvalue weighted by molar-refractivity contribution is -0.385. The second kappa shape index (κ2) is 5.54. The number of hydrogen-bond acceptors (Lipinski definition) is 4. The van der Waals surface area contributed by atoms with Gasteiger partial charge in [-0.3, -0.25) is 14.9 Å². The summed E-state index contributed by atoms with van der Waals surface area (Å²) >= 11 is 5.71. The number of amides is 1. The zero-order valence-electron chi connectivity index (χ0n) is 10.1. The van der Waals surface area contributed by atoms with Crippen molar-refractivity contribution in [3.05, 3.63) is 38.9 Å². The van der Waals surface area contributed by atoms with Crippen molar-refractivity contribution in [3.8, 4) is 0 Å². The number of aliphatic hydroxyl groups excluding tert-OH is 1. The van der Waals surface area contributed by atoms with Gasteiger partial charge in [0, 0.05) is 17.6 Å². The Hall–Kier alpha value is -1.66. The number of aliphatic hydroxyl groups is 1. The minimum atomic E-state index is -0.622. The molecule has 1 aromatic rings. The van der Waals surface area contributed by atoms with E-state index in [-0.39, 0.29) is 28.9 Å². The van der Waals surface area contributed by atoms with Crippen molar-refractivity contribution in [2.24, 2.45) is 0 Å². The number of halogens is 1. The molecule has 1 amide bonds. The molecule has 1 atom stereocenters. The van der Waals surface area contributed by atoms with Crippen molar-refractivity contribution in [1.82, 2.24) is 4.90 Å². The number of nitro groups is 1. The Morgan fingerprint density at radius 1 is 1.58 bits per heavy atom. The molecule has 0 aromatic heterocycles. The van der Waals surface area contributed by atoms with E-state index < -0.39 is 10.8 Å². The zero-order chi connectivity index (χ0) is 14.0. The summed E-state index contributed by atoms with van der Waals surface area (Å²) in [6, 6.07) is 3.71. The Kier molecular flexibility index (Phi) is 4.01. The number of rotatable bonds is 3. The lowest BCUT2D eigenvalue weighted by Crippen LogP contribution is -2.37. The molecule has 0 spiro atoms. The van der Waals surface area contributed by atoms with Gasteiger partial charge < -0.3 is 10.0 Å². The van der Waals surface area contributed by atoms with Gasteiger partial charge in [0.15, 0.2) is 0 Å². The fraction of sp³-hybridized carbons (Fsp3) is 0.417. The fourth-order valence-electron chi connectivity index (χ4n) is 2.28. The van der Waals surface area contributed by atoms with Crippen molar-refractivity contribution < 1.29 is 14.8 Å². The average Bonchev–Trinajstić information content (AvgIpc) is 2.86. The van der Waals surface area contributed by atoms with Gasteiger partial charge >= 0.3 is 0 Å². The maximum absolute atomic E-state index is 12.3. The minimum Gasteiger partial charge on any atom is -0.394 e. The molecule has 0 aliphatic carbocycles. The molecule has 1 fully saturated rings. The first-order chi connectivity index (χ1) is 9.04. The highest BCUT2D eigenvalue weighted by molar-refractivity contribution is 6.31. The Balaban J connectivity index is 2.36. The third kappa shape index (κ3) is 2.69. The van der Waals surface area contributed by atoms with Crippen molar-refractivity contribution >= 4 is 23.2 Å². The first-order valence-corrected chi connectivity index (χ1v) is 6.28. The van der Waals surface area contributed by atoms with Gasteiger partial charge in [0.05, 0.1) is 17.6 Å². The smallest absolute Gasteiger partial charge is 0.283 e. The molecule has 2 rings (SSSR count). The molecule has 1 aromatic carbocycles. The molecule has 7 heteroatoms. The van der Waals surface area contributed by atoms with Crippen LogP contribution in [0.2, 0.25) is 5.02 Å². The zero-order valence-corrected chi connectivity index (χ0v) is 10.8. The highest BCUT2D eigenvalue weighted by Crippen LogP contribution is 2.27. The second-order valence-corrected chi connectivity index (χ2v) is 4.83. The second-order valence-electron chi connectivity index (χ2n) is 4.40. The first kappa shape index (κ1) is 13.8. The van der Waals surface area contributed by atoms with E-state index in [1.54, 1.807) is 0 Å². The molecular formula is C12H13ClN2O4. The third-order valence-electron chi connectivity index (χ3n) is 3.24. The Morgan fingerprint density at radius 2 is 2.32 bits per heavy atom. The summed E-state index contributed by atoms with van der Waals surface area (Å²) in [5.41, 5.74) is -0.296. The Morgan fingerprint density at radius 3 is 2.95 bits per heavy atom. The lowest BCUT2D eigenvalue weighted by Gasteiger charge is -2.22. The van der Waals surface area contributed by atoms with Crippen LogP contribution in [0.15, 0.2) is 18.2 Å². The largest absolute Gasteiger partial charge is 0.394 e. The van der Waals surface area contributed by atoms with Crippen LogP contribution >= 0.6 is 11.6 Å². The highest BCUT2D eigenvalue weighted by atomic mass is 35.5. The van der Waals surface area contributed by atoms with E-state index in [1.807, 2.05) is 0 Å². The summed E-state index contributed by atoms with van der Waals surface area (Å²) in [7, 11) is 0. The van der Waals surface area contributed by atoms with Gasteiger partial charge in [0.1, 0.15) is 5.56 Å². The number of hydrogen-bond donors (Lipinski definition) is 1. The molecule has 1 N–H and O–H groups in total. The quantitative estimate of drug-likeness (QED) is 0.678. The van der Waals surface area contributed by atoms with Gasteiger partial charge in [-0.1, -0.05) is 11.6 Å². The summed E-state index contributed by atoms with van der Waals surface area (Å²) < 4.78 is 0. The number of carbonyl (C=O) groups excluding carboxylic acids is 1. The number of nitro benzene ring substituents is 1. The summed E-state index contributed by atoms with van der Waals surface area (Å²) in [6.07, 6.45) is 1.50. The fourth-order valence-corrected chi connectivity index (χ4v) is 2.45. The van der Waals surface area contributed by atoms with Crippen LogP contribution in [0.25, 0.3) is 0 Å². The summed E-state index contributed by atoms with van der Waals surface area (Å²) in [6.45, 7) is 0.372. The monoisotopic (exact) mass is 284 g/mol. The van der Waals surface area contributed by atoms with E-state index >= 15 is 0 Å². The summed E-state index contributed by atoms with van der Waals surface area (Å²) in [4.78, 5) is 24.2. The summed E-state index contributed by atoms with van der Waals surface area (Å²) in [5, 5.41) is 20.4. The van der Waals surface area contributed by atoms with Gasteiger partial charge in [-0.2, -0.15) is 0 Å². The molecule has 0 bridgehead atoms. The van der Waals surface area contributed by atoms with Gasteiger partial charge in [0.25, 0.3) is 11.6 Å². The molecule has 1 heterocycles. The first-order valence-electron chi connectivity index (χ1n) is 5.90. The molecular weight excluding hydrogens is 272 g/mol. The lowest BCUT2D eigenvalue weighted by atomic mass is 10.1. The highest BCUT2D eigenvalue weighted by Gasteiger charge is 2.32. The standard InChI is InChI=1S/C12H13ClN2O4/c13-8-3-4-10(11(6-8)15(18)19)12(17)14-5-1-2-9(14)7-16/h3-4,6,9,16H,1-2,5,7H2/t9-/m1/s1. The number of carbonyl (C=O) groups is 1. The van der Waals surface area contributed by atoms with Crippen LogP contribution in [0.5, 0.6) is 0 Å². The molecule has 102 valence electrons. The van der Waals surface area contributed by atoms with Crippen LogP contribution in [-0.4, -0.2) is 40.0 Å². The maximum atomic E-state index is 12.3. The van der Waals surface area contributed by atoms with Gasteiger partial charge in [-0.15, -0.1) is 0 Å². The van der Waals surface area contributed by atoms with Crippen molar-refractivity contribution in [2.45, 2.75) is 18.9 Å². The van der Waals surface area contributed by atoms with Gasteiger partial charge in [-0.25, -0.2) is 0 Å². The van der Waals surface area contributed by atoms with Crippen molar-refractivity contribution in [1.29, 1.82) is 0 Å². The molecule has 6 nitrogen and oxygen atoms in total. The van der Waals surface area contributed by atoms with Crippen LogP contribution in [0.1, 0.15) is 23.2 Å². The van der Waals surface area contributed by atoms with E-state index in [2.05, 4.69) is 0 Å². The van der Waals surface area contributed by atoms with Crippen LogP contribution in [0.4, 0.5) is 5.69 Å². The number of nitrogens with zero attached hydrogens (tertiary/aromatic N) is 2. The van der Waals surface area contributed by atoms with E-state index in [9.17, 15) is 20.0 Å². The van der Waals surface area contributed by atoms with Crippen LogP contribution in [0, 0.1) is 10.1 Å². The molecule has 0 unspecified atom stereocenters. The predicted molar refractivity (Wildman–Crippen MR) is 69.3 cm³/mol. The van der Waals surface area contributed by atoms with Gasteiger partial charge in [-0.05, 0) is 25.0 Å². The van der Waals surface area contributed by atoms with Crippen LogP contribution < -0.4 is 0 Å². The molecule has 1 aliphatic rings. The summed E-state index contributed by atoms with van der Waals surface area (Å²) in [5.74, 6) is -0.431.